The minimum atomic E-state index is -4.71. The van der Waals surface area contributed by atoms with Gasteiger partial charge in [-0.05, 0) is 162 Å². The fraction of sp³-hybridized carbons (Fsp3) is 0.137. The average Bonchev–Trinajstić information content (AvgIpc) is 0.818. The van der Waals surface area contributed by atoms with Crippen molar-refractivity contribution in [1.29, 1.82) is 0 Å². The van der Waals surface area contributed by atoms with Crippen LogP contribution in [0.4, 0.5) is 47.8 Å². The molecule has 0 radical (unpaired) electrons. The summed E-state index contributed by atoms with van der Waals surface area (Å²) in [5.74, 6) is 2.15. The van der Waals surface area contributed by atoms with Crippen molar-refractivity contribution < 1.29 is 69.6 Å². The average molecular weight is 1650 g/mol. The van der Waals surface area contributed by atoms with Gasteiger partial charge in [0.15, 0.2) is 30.0 Å². The quantitative estimate of drug-likeness (QED) is 0.0130. The Balaban J connectivity index is 0.000000165. The summed E-state index contributed by atoms with van der Waals surface area (Å²) in [4.78, 5) is 65.5. The van der Waals surface area contributed by atoms with Gasteiger partial charge in [0.2, 0.25) is 21.7 Å². The zero-order chi connectivity index (χ0) is 81.6. The number of nitrogens with zero attached hydrogens (tertiary/aromatic N) is 9. The zero-order valence-corrected chi connectivity index (χ0v) is 65.3. The summed E-state index contributed by atoms with van der Waals surface area (Å²) in [6.07, 6.45) is -3.70. The zero-order valence-electron chi connectivity index (χ0n) is 61.3. The third kappa shape index (κ3) is 24.9. The minimum absolute atomic E-state index is 0.0767. The molecule has 41 heteroatoms. The minimum Gasteiger partial charge on any atom is -0.473 e. The maximum atomic E-state index is 13.0. The van der Waals surface area contributed by atoms with E-state index in [0.29, 0.717) is 56.8 Å². The molecule has 0 bridgehead atoms. The molecule has 592 valence electrons. The van der Waals surface area contributed by atoms with Crippen molar-refractivity contribution >= 4 is 139 Å². The molecule has 13 rings (SSSR count). The number of sulfonamides is 1. The molecule has 0 aliphatic heterocycles. The smallest absolute Gasteiger partial charge is 0.451 e. The van der Waals surface area contributed by atoms with Crippen LogP contribution < -0.4 is 72.5 Å². The summed E-state index contributed by atoms with van der Waals surface area (Å²) in [5, 5.41) is 15.7. The number of anilines is 5. The molecule has 10 N–H and O–H groups in total. The van der Waals surface area contributed by atoms with Gasteiger partial charge in [0, 0.05) is 39.7 Å². The van der Waals surface area contributed by atoms with Gasteiger partial charge in [-0.15, -0.1) is 19.3 Å². The maximum absolute atomic E-state index is 13.0. The number of fused-ring (bicyclic) bond motifs is 4. The van der Waals surface area contributed by atoms with E-state index in [1.165, 1.54) is 48.5 Å². The molecule has 0 fully saturated rings. The first kappa shape index (κ1) is 83.9. The lowest BCUT2D eigenvalue weighted by Gasteiger charge is -2.13. The number of nitro benzene ring substituents is 1. The number of para-hydroxylation sites is 4. The van der Waals surface area contributed by atoms with Crippen molar-refractivity contribution in [2.75, 3.05) is 39.4 Å². The second kappa shape index (κ2) is 39.0. The van der Waals surface area contributed by atoms with Crippen LogP contribution in [0.15, 0.2) is 206 Å². The van der Waals surface area contributed by atoms with Crippen LogP contribution in [-0.2, 0) is 61.3 Å². The third-order valence-electron chi connectivity index (χ3n) is 15.1. The Bertz CT molecular complexity index is 5860. The molecule has 0 aliphatic rings. The van der Waals surface area contributed by atoms with E-state index in [9.17, 15) is 53.3 Å². The summed E-state index contributed by atoms with van der Waals surface area (Å²) in [6.45, 7) is 13.0. The second-order valence-corrected chi connectivity index (χ2v) is 29.2. The van der Waals surface area contributed by atoms with E-state index in [4.69, 9.17) is 21.5 Å². The Labute approximate surface area is 659 Å². The molecule has 114 heavy (non-hydrogen) atoms. The number of carbonyl (C=O) groups is 1. The number of alkyl halides is 3. The second-order valence-electron chi connectivity index (χ2n) is 24.1. The van der Waals surface area contributed by atoms with Gasteiger partial charge in [0.1, 0.15) is 40.4 Å². The number of hydrogen-bond donors (Lipinski definition) is 10. The Morgan fingerprint density at radius 2 is 0.877 bits per heavy atom. The van der Waals surface area contributed by atoms with Crippen molar-refractivity contribution in [2.45, 2.75) is 54.6 Å². The first-order valence-corrected chi connectivity index (χ1v) is 39.6. The number of benzene rings is 9. The highest BCUT2D eigenvalue weighted by molar-refractivity contribution is 7.92. The van der Waals surface area contributed by atoms with Crippen LogP contribution in [0.1, 0.15) is 55.9 Å². The standard InChI is InChI=1S/C25H26N6O6S2.C17H15F3N4O2S.C16H16N4O2S.C15H13N5O4S/c1-16-11-12-22(17(2)13-16)36-15-26-25(32)24-27-21-10-5-4-9-20(21)23(28-24)29-31-38(33)37-19-8-6-7-18(14-19)30-39(3,34)35;1-10-7-8-11(2)14(9-10)26-27(25)24-23-15-12-5-3-4-6-13(12)21-16(22-15)17(18,19)20;1-11-7-9-13(10-8-11)22-23(21)20-19-16-14-5-3-4-6-15(14)17-12(2)18-16;1-10-16-14-5-3-2-4-13(14)15(17-10)18-19-25(23)24-12-8-6-11(7-9-12)20(21)22/h4-14,30-31H,15H2,1-3H3,(H,26,32)(H,27,28,29);3-9,24H,1-2H3,(H,21,22,23);3-10,20H,1-2H3,(H,17,18,19);2-9,19H,1H3,(H,16,17,18). The number of aromatic nitrogens is 8. The highest BCUT2D eigenvalue weighted by atomic mass is 32.2. The lowest BCUT2D eigenvalue weighted by atomic mass is 10.1. The van der Waals surface area contributed by atoms with Crippen LogP contribution in [0, 0.1) is 58.6 Å². The number of carbonyl (C=O) groups excluding carboxylic acids is 1. The van der Waals surface area contributed by atoms with E-state index in [-0.39, 0.29) is 52.6 Å². The molecule has 4 heterocycles. The number of aryl methyl sites for hydroxylation is 7. The highest BCUT2D eigenvalue weighted by Gasteiger charge is 2.36. The Morgan fingerprint density at radius 3 is 1.37 bits per heavy atom. The predicted octanol–water partition coefficient (Wildman–Crippen LogP) is 12.0. The van der Waals surface area contributed by atoms with Gasteiger partial charge in [-0.2, -0.15) is 30.0 Å². The van der Waals surface area contributed by atoms with E-state index in [1.54, 1.807) is 87.5 Å². The maximum Gasteiger partial charge on any atom is 0.451 e. The Morgan fingerprint density at radius 1 is 0.447 bits per heavy atom. The van der Waals surface area contributed by atoms with Gasteiger partial charge < -0.3 is 26.8 Å². The molecule has 4 atom stereocenters. The van der Waals surface area contributed by atoms with Gasteiger partial charge in [0.25, 0.3) is 11.6 Å². The number of non-ortho nitro benzene ring substituents is 1. The van der Waals surface area contributed by atoms with E-state index >= 15 is 0 Å². The summed E-state index contributed by atoms with van der Waals surface area (Å²) >= 11 is -7.85. The summed E-state index contributed by atoms with van der Waals surface area (Å²) < 4.78 is 139. The predicted molar refractivity (Wildman–Crippen MR) is 429 cm³/mol. The largest absolute Gasteiger partial charge is 0.473 e. The number of amides is 1. The number of rotatable bonds is 27. The van der Waals surface area contributed by atoms with Gasteiger partial charge in [0.05, 0.1) is 38.9 Å². The van der Waals surface area contributed by atoms with Crippen LogP contribution in [-0.4, -0.2) is 88.9 Å². The van der Waals surface area contributed by atoms with Crippen molar-refractivity contribution in [1.82, 2.24) is 64.5 Å². The van der Waals surface area contributed by atoms with Crippen molar-refractivity contribution in [3.05, 3.63) is 267 Å². The van der Waals surface area contributed by atoms with Gasteiger partial charge in [-0.3, -0.25) is 41.3 Å². The number of halogens is 3. The third-order valence-corrected chi connectivity index (χ3v) is 18.2. The number of hydrogen-bond acceptors (Lipinski definition) is 26. The summed E-state index contributed by atoms with van der Waals surface area (Å²) in [7, 11) is -3.49. The number of nitrogens with one attached hydrogen (secondary N) is 10. The van der Waals surface area contributed by atoms with E-state index in [0.717, 1.165) is 55.9 Å². The Kier molecular flexibility index (Phi) is 28.7. The lowest BCUT2D eigenvalue weighted by molar-refractivity contribution is -0.384. The van der Waals surface area contributed by atoms with Crippen molar-refractivity contribution in [3.63, 3.8) is 0 Å². The normalized spacial score (nSPS) is 12.2. The number of ether oxygens (including phenoxy) is 1. The SMILES string of the molecule is Cc1ccc(C)c(OS(=O)NNc2nc(C(F)(F)F)nc3ccccc23)c1.Cc1ccc(OCNC(=O)c2nc(NNS(=O)Oc3cccc(NS(C)(=O)=O)c3)c3ccccc3n2)c(C)c1.Cc1ccc(OS(=O)NNc2nc(C)nc3ccccc23)cc1.Cc1nc(NNS(=O)Oc2ccc([N+](=O)[O-])cc2)c2ccccc2n1. The molecule has 4 aromatic heterocycles. The molecular weight excluding hydrogens is 1580 g/mol. The van der Waals surface area contributed by atoms with Crippen LogP contribution in [0.5, 0.6) is 28.7 Å². The fourth-order valence-electron chi connectivity index (χ4n) is 9.99. The fourth-order valence-corrected chi connectivity index (χ4v) is 12.6. The molecule has 9 aromatic carbocycles. The summed E-state index contributed by atoms with van der Waals surface area (Å²) in [5.41, 5.74) is 17.9. The molecule has 0 spiro atoms. The van der Waals surface area contributed by atoms with E-state index in [1.807, 2.05) is 119 Å². The van der Waals surface area contributed by atoms with Crippen LogP contribution in [0.2, 0.25) is 0 Å². The van der Waals surface area contributed by atoms with Crippen molar-refractivity contribution in [3.8, 4) is 28.7 Å². The molecule has 13 aromatic rings. The lowest BCUT2D eigenvalue weighted by Crippen LogP contribution is -2.31. The van der Waals surface area contributed by atoms with Crippen LogP contribution >= 0.6 is 0 Å². The first-order chi connectivity index (χ1) is 54.4. The highest BCUT2D eigenvalue weighted by Crippen LogP contribution is 2.31. The van der Waals surface area contributed by atoms with Gasteiger partial charge in [-0.1, -0.05) is 102 Å². The van der Waals surface area contributed by atoms with Crippen LogP contribution in [0.3, 0.4) is 0 Å². The molecule has 1 amide bonds. The van der Waals surface area contributed by atoms with Gasteiger partial charge in [-0.25, -0.2) is 48.3 Å². The molecule has 0 aliphatic carbocycles. The monoisotopic (exact) mass is 1650 g/mol. The first-order valence-electron chi connectivity index (χ1n) is 33.4. The summed E-state index contributed by atoms with van der Waals surface area (Å²) in [6, 6.07) is 57.7. The van der Waals surface area contributed by atoms with E-state index < -0.39 is 77.9 Å². The number of nitro groups is 1. The Hall–Kier alpha value is -12.6. The van der Waals surface area contributed by atoms with E-state index in [2.05, 4.69) is 90.9 Å². The molecule has 0 saturated carbocycles. The number of hydrazine groups is 4. The van der Waals surface area contributed by atoms with Crippen LogP contribution in [0.25, 0.3) is 43.6 Å². The molecule has 4 unspecified atom stereocenters. The van der Waals surface area contributed by atoms with Crippen molar-refractivity contribution in [2.24, 2.45) is 0 Å². The molecule has 33 nitrogen and oxygen atoms in total. The van der Waals surface area contributed by atoms with Gasteiger partial charge >= 0.3 is 51.2 Å². The molecule has 0 saturated heterocycles. The molecular formula is C73H70F3N19O14S5. The topological polar surface area (TPSA) is 432 Å².